The Hall–Kier alpha value is -2.62. The molecule has 0 unspecified atom stereocenters. The molecule has 4 heteroatoms. The molecule has 238 valence electrons. The lowest BCUT2D eigenvalue weighted by molar-refractivity contribution is -0.166. The van der Waals surface area contributed by atoms with Gasteiger partial charge in [0.1, 0.15) is 11.4 Å². The first-order chi connectivity index (χ1) is 20.1. The highest BCUT2D eigenvalue weighted by Gasteiger charge is 2.35. The molecule has 2 aromatic rings. The molecule has 1 aliphatic rings. The number of carbonyl (C=O) groups excluding carboxylic acids is 2. The summed E-state index contributed by atoms with van der Waals surface area (Å²) in [4.78, 5) is 26.1. The van der Waals surface area contributed by atoms with E-state index in [1.807, 2.05) is 20.8 Å². The van der Waals surface area contributed by atoms with Crippen molar-refractivity contribution in [2.24, 2.45) is 11.8 Å². The predicted molar refractivity (Wildman–Crippen MR) is 178 cm³/mol. The number of hydrogen-bond acceptors (Lipinski definition) is 4. The molecule has 1 fully saturated rings. The van der Waals surface area contributed by atoms with Gasteiger partial charge in [-0.3, -0.25) is 9.59 Å². The summed E-state index contributed by atoms with van der Waals surface area (Å²) in [6.45, 7) is 26.2. The van der Waals surface area contributed by atoms with E-state index >= 15 is 0 Å². The summed E-state index contributed by atoms with van der Waals surface area (Å²) in [7, 11) is 0. The van der Waals surface area contributed by atoms with Crippen molar-refractivity contribution in [2.75, 3.05) is 0 Å². The number of ether oxygens (including phenoxy) is 2. The molecule has 0 radical (unpaired) electrons. The molecular formula is C39H58O4. The smallest absolute Gasteiger partial charge is 0.314 e. The second kappa shape index (κ2) is 13.6. The third-order valence-electron chi connectivity index (χ3n) is 11.0. The number of benzene rings is 2. The van der Waals surface area contributed by atoms with Crippen molar-refractivity contribution in [3.63, 3.8) is 0 Å². The molecular weight excluding hydrogens is 532 g/mol. The summed E-state index contributed by atoms with van der Waals surface area (Å²) in [6, 6.07) is 9.12. The van der Waals surface area contributed by atoms with Crippen LogP contribution in [0.2, 0.25) is 0 Å². The monoisotopic (exact) mass is 590 g/mol. The zero-order valence-electron chi connectivity index (χ0n) is 29.3. The summed E-state index contributed by atoms with van der Waals surface area (Å²) in [5, 5.41) is 0. The van der Waals surface area contributed by atoms with E-state index in [0.717, 1.165) is 36.8 Å². The molecule has 0 bridgehead atoms. The maximum atomic E-state index is 13.3. The van der Waals surface area contributed by atoms with E-state index in [1.54, 1.807) is 0 Å². The third kappa shape index (κ3) is 7.37. The molecule has 4 nitrogen and oxygen atoms in total. The van der Waals surface area contributed by atoms with Gasteiger partial charge in [-0.25, -0.2) is 0 Å². The maximum Gasteiger partial charge on any atom is 0.314 e. The van der Waals surface area contributed by atoms with Crippen LogP contribution in [-0.4, -0.2) is 17.5 Å². The summed E-state index contributed by atoms with van der Waals surface area (Å²) in [5.74, 6) is 0.0353. The van der Waals surface area contributed by atoms with Crippen LogP contribution in [0.25, 0.3) is 0 Å². The first kappa shape index (κ1) is 34.9. The first-order valence-electron chi connectivity index (χ1n) is 16.7. The third-order valence-corrected chi connectivity index (χ3v) is 11.0. The summed E-state index contributed by atoms with van der Waals surface area (Å²) in [5.41, 5.74) is 8.24. The minimum absolute atomic E-state index is 0.118. The van der Waals surface area contributed by atoms with E-state index in [4.69, 9.17) is 9.47 Å². The number of rotatable bonds is 11. The molecule has 0 amide bonds. The Morgan fingerprint density at radius 1 is 0.651 bits per heavy atom. The quantitative estimate of drug-likeness (QED) is 0.193. The molecule has 0 heterocycles. The number of hydrogen-bond donors (Lipinski definition) is 0. The van der Waals surface area contributed by atoms with Crippen LogP contribution in [0.4, 0.5) is 0 Å². The van der Waals surface area contributed by atoms with Crippen LogP contribution in [-0.2, 0) is 25.2 Å². The molecule has 1 aliphatic carbocycles. The topological polar surface area (TPSA) is 52.6 Å². The molecule has 0 saturated heterocycles. The van der Waals surface area contributed by atoms with Gasteiger partial charge in [0.05, 0.1) is 11.8 Å². The Kier molecular flexibility index (Phi) is 11.0. The van der Waals surface area contributed by atoms with Gasteiger partial charge < -0.3 is 9.47 Å². The van der Waals surface area contributed by atoms with E-state index in [9.17, 15) is 9.59 Å². The van der Waals surface area contributed by atoms with Crippen molar-refractivity contribution in [1.82, 2.24) is 0 Å². The minimum Gasteiger partial charge on any atom is -0.459 e. The van der Waals surface area contributed by atoms with Gasteiger partial charge in [0.25, 0.3) is 0 Å². The fraction of sp³-hybridized carbons (Fsp3) is 0.641. The highest BCUT2D eigenvalue weighted by molar-refractivity contribution is 5.77. The Morgan fingerprint density at radius 3 is 1.44 bits per heavy atom. The van der Waals surface area contributed by atoms with Crippen LogP contribution >= 0.6 is 0 Å². The van der Waals surface area contributed by atoms with Crippen LogP contribution < -0.4 is 4.74 Å². The molecule has 0 atom stereocenters. The van der Waals surface area contributed by atoms with Crippen molar-refractivity contribution >= 4 is 11.9 Å². The van der Waals surface area contributed by atoms with Crippen molar-refractivity contribution in [1.29, 1.82) is 0 Å². The number of esters is 2. The van der Waals surface area contributed by atoms with Crippen LogP contribution in [0, 0.1) is 39.5 Å². The van der Waals surface area contributed by atoms with E-state index in [-0.39, 0.29) is 34.6 Å². The Morgan fingerprint density at radius 2 is 1.05 bits per heavy atom. The summed E-state index contributed by atoms with van der Waals surface area (Å²) in [6.07, 6.45) is 6.49. The van der Waals surface area contributed by atoms with Crippen molar-refractivity contribution in [3.8, 4) is 5.75 Å². The lowest BCUT2D eigenvalue weighted by Crippen LogP contribution is -2.35. The molecule has 2 aromatic carbocycles. The highest BCUT2D eigenvalue weighted by Crippen LogP contribution is 2.41. The molecule has 0 aromatic heterocycles. The molecule has 1 saturated carbocycles. The Balaban J connectivity index is 1.75. The number of carbonyl (C=O) groups is 2. The fourth-order valence-electron chi connectivity index (χ4n) is 6.99. The highest BCUT2D eigenvalue weighted by atomic mass is 16.6. The van der Waals surface area contributed by atoms with Gasteiger partial charge in [-0.2, -0.15) is 0 Å². The van der Waals surface area contributed by atoms with Crippen LogP contribution in [0.3, 0.4) is 0 Å². The van der Waals surface area contributed by atoms with E-state index in [0.29, 0.717) is 31.4 Å². The lowest BCUT2D eigenvalue weighted by atomic mass is 9.70. The minimum atomic E-state index is -0.407. The van der Waals surface area contributed by atoms with Crippen LogP contribution in [0.5, 0.6) is 5.75 Å². The second-order valence-electron chi connectivity index (χ2n) is 14.4. The standard InChI is InChI=1S/C39H58O4/c1-13-38(11,14-2)33-25(5)21-31(22-26(33)6)37(9,10)32-23-27(7)34(28(8)24-32)42-35(40)29-17-19-30(20-18-29)36(41)43-39(12,15-3)16-4/h21-24,29-30H,13-20H2,1-12H3. The van der Waals surface area contributed by atoms with E-state index < -0.39 is 5.60 Å². The molecule has 0 spiro atoms. The van der Waals surface area contributed by atoms with Crippen molar-refractivity contribution in [3.05, 3.63) is 63.2 Å². The normalized spacial score (nSPS) is 18.0. The molecule has 43 heavy (non-hydrogen) atoms. The Bertz CT molecular complexity index is 1250. The van der Waals surface area contributed by atoms with E-state index in [1.165, 1.54) is 27.8 Å². The average Bonchev–Trinajstić information content (AvgIpc) is 2.98. The zero-order chi connectivity index (χ0) is 32.3. The summed E-state index contributed by atoms with van der Waals surface area (Å²) >= 11 is 0. The van der Waals surface area contributed by atoms with Gasteiger partial charge in [-0.15, -0.1) is 0 Å². The van der Waals surface area contributed by atoms with Crippen LogP contribution in [0.1, 0.15) is 146 Å². The average molecular weight is 591 g/mol. The van der Waals surface area contributed by atoms with Gasteiger partial charge >= 0.3 is 11.9 Å². The largest absolute Gasteiger partial charge is 0.459 e. The maximum absolute atomic E-state index is 13.3. The predicted octanol–water partition coefficient (Wildman–Crippen LogP) is 10.2. The molecule has 0 N–H and O–H groups in total. The SMILES string of the molecule is CCC(C)(CC)OC(=O)C1CCC(C(=O)Oc2c(C)cc(C(C)(C)c3cc(C)c(C(C)(CC)CC)c(C)c3)cc2C)CC1. The fourth-order valence-corrected chi connectivity index (χ4v) is 6.99. The molecule has 3 rings (SSSR count). The van der Waals surface area contributed by atoms with Gasteiger partial charge in [0, 0.05) is 5.41 Å². The first-order valence-corrected chi connectivity index (χ1v) is 16.7. The van der Waals surface area contributed by atoms with Gasteiger partial charge in [-0.05, 0) is 130 Å². The Labute approximate surface area is 262 Å². The lowest BCUT2D eigenvalue weighted by Gasteiger charge is -2.34. The van der Waals surface area contributed by atoms with Gasteiger partial charge in [-0.1, -0.05) is 72.7 Å². The van der Waals surface area contributed by atoms with Gasteiger partial charge in [0.15, 0.2) is 0 Å². The van der Waals surface area contributed by atoms with Crippen molar-refractivity contribution < 1.29 is 19.1 Å². The van der Waals surface area contributed by atoms with Crippen LogP contribution in [0.15, 0.2) is 24.3 Å². The summed E-state index contributed by atoms with van der Waals surface area (Å²) < 4.78 is 11.9. The molecule has 0 aliphatic heterocycles. The van der Waals surface area contributed by atoms with E-state index in [2.05, 4.69) is 86.6 Å². The number of aryl methyl sites for hydroxylation is 4. The second-order valence-corrected chi connectivity index (χ2v) is 14.4. The zero-order valence-corrected chi connectivity index (χ0v) is 29.3. The van der Waals surface area contributed by atoms with Crippen molar-refractivity contribution in [2.45, 2.75) is 151 Å². The van der Waals surface area contributed by atoms with Gasteiger partial charge in [0.2, 0.25) is 0 Å².